The Morgan fingerprint density at radius 1 is 1.47 bits per heavy atom. The van der Waals surface area contributed by atoms with Gasteiger partial charge in [-0.05, 0) is 12.1 Å². The zero-order chi connectivity index (χ0) is 11.0. The highest BCUT2D eigenvalue weighted by atomic mass is 35.5. The van der Waals surface area contributed by atoms with Gasteiger partial charge in [0.1, 0.15) is 0 Å². The normalized spacial score (nSPS) is 15.1. The molecule has 1 aliphatic rings. The second kappa shape index (κ2) is 3.60. The Balaban J connectivity index is 2.54. The van der Waals surface area contributed by atoms with Crippen molar-refractivity contribution < 1.29 is 24.5 Å². The van der Waals surface area contributed by atoms with Crippen LogP contribution in [-0.2, 0) is 4.79 Å². The van der Waals surface area contributed by atoms with Gasteiger partial charge in [-0.1, -0.05) is 11.6 Å². The number of halogens is 1. The quantitative estimate of drug-likeness (QED) is 0.798. The van der Waals surface area contributed by atoms with E-state index in [9.17, 15) is 9.90 Å². The molecule has 0 saturated heterocycles. The van der Waals surface area contributed by atoms with Crippen molar-refractivity contribution in [1.29, 1.82) is 0 Å². The standard InChI is InChI=1S/C9H7ClO5/c10-4-1-2-5-8(15-3-14-5)6(4)7(11)9(12)13/h1-2,7,11H,3H2,(H,12,13). The van der Waals surface area contributed by atoms with Gasteiger partial charge in [0, 0.05) is 0 Å². The maximum atomic E-state index is 10.6. The number of aliphatic hydroxyl groups excluding tert-OH is 1. The molecule has 0 aromatic heterocycles. The number of carboxylic acid groups (broad SMARTS) is 1. The Morgan fingerprint density at radius 3 is 2.87 bits per heavy atom. The van der Waals surface area contributed by atoms with E-state index in [0.717, 1.165) is 0 Å². The van der Waals surface area contributed by atoms with Crippen molar-refractivity contribution in [3.8, 4) is 11.5 Å². The predicted octanol–water partition coefficient (Wildman–Crippen LogP) is 1.19. The molecule has 0 bridgehead atoms. The van der Waals surface area contributed by atoms with Gasteiger partial charge in [-0.2, -0.15) is 0 Å². The van der Waals surface area contributed by atoms with Crippen molar-refractivity contribution in [2.45, 2.75) is 6.10 Å². The molecule has 1 aliphatic heterocycles. The topological polar surface area (TPSA) is 76.0 Å². The van der Waals surface area contributed by atoms with Crippen LogP contribution in [-0.4, -0.2) is 23.0 Å². The van der Waals surface area contributed by atoms with Gasteiger partial charge >= 0.3 is 5.97 Å². The molecule has 0 saturated carbocycles. The van der Waals surface area contributed by atoms with Crippen LogP contribution in [0.25, 0.3) is 0 Å². The average Bonchev–Trinajstić information content (AvgIpc) is 2.64. The predicted molar refractivity (Wildman–Crippen MR) is 50.2 cm³/mol. The van der Waals surface area contributed by atoms with Crippen molar-refractivity contribution in [3.05, 3.63) is 22.7 Å². The summed E-state index contributed by atoms with van der Waals surface area (Å²) in [5.41, 5.74) is 0.0270. The van der Waals surface area contributed by atoms with E-state index in [1.807, 2.05) is 0 Å². The molecule has 5 nitrogen and oxygen atoms in total. The number of rotatable bonds is 2. The summed E-state index contributed by atoms with van der Waals surface area (Å²) in [7, 11) is 0. The third-order valence-electron chi connectivity index (χ3n) is 2.03. The van der Waals surface area contributed by atoms with Gasteiger partial charge in [0.15, 0.2) is 17.6 Å². The highest BCUT2D eigenvalue weighted by molar-refractivity contribution is 6.32. The lowest BCUT2D eigenvalue weighted by atomic mass is 10.1. The zero-order valence-electron chi connectivity index (χ0n) is 7.44. The van der Waals surface area contributed by atoms with Crippen LogP contribution in [0.1, 0.15) is 11.7 Å². The molecule has 0 fully saturated rings. The van der Waals surface area contributed by atoms with Crippen LogP contribution in [0.5, 0.6) is 11.5 Å². The van der Waals surface area contributed by atoms with Crippen molar-refractivity contribution in [2.24, 2.45) is 0 Å². The van der Waals surface area contributed by atoms with E-state index >= 15 is 0 Å². The maximum Gasteiger partial charge on any atom is 0.337 e. The Bertz CT molecular complexity index is 417. The molecular formula is C9H7ClO5. The van der Waals surface area contributed by atoms with E-state index in [0.29, 0.717) is 5.75 Å². The molecule has 2 rings (SSSR count). The molecule has 2 N–H and O–H groups in total. The molecule has 6 heteroatoms. The highest BCUT2D eigenvalue weighted by Gasteiger charge is 2.28. The smallest absolute Gasteiger partial charge is 0.337 e. The number of ether oxygens (including phenoxy) is 2. The number of fused-ring (bicyclic) bond motifs is 1. The molecule has 15 heavy (non-hydrogen) atoms. The largest absolute Gasteiger partial charge is 0.479 e. The lowest BCUT2D eigenvalue weighted by Gasteiger charge is -2.10. The molecule has 1 aromatic carbocycles. The summed E-state index contributed by atoms with van der Waals surface area (Å²) in [6.07, 6.45) is -1.71. The van der Waals surface area contributed by atoms with Gasteiger partial charge in [-0.25, -0.2) is 4.79 Å². The van der Waals surface area contributed by atoms with Gasteiger partial charge in [0.05, 0.1) is 10.6 Å². The second-order valence-electron chi connectivity index (χ2n) is 2.94. The Labute approximate surface area is 89.8 Å². The average molecular weight is 231 g/mol. The van der Waals surface area contributed by atoms with Crippen LogP contribution in [0, 0.1) is 0 Å². The molecule has 0 spiro atoms. The summed E-state index contributed by atoms with van der Waals surface area (Å²) < 4.78 is 10.1. The fourth-order valence-corrected chi connectivity index (χ4v) is 1.60. The van der Waals surface area contributed by atoms with Crippen LogP contribution < -0.4 is 9.47 Å². The van der Waals surface area contributed by atoms with Crippen LogP contribution in [0.15, 0.2) is 12.1 Å². The van der Waals surface area contributed by atoms with E-state index < -0.39 is 12.1 Å². The highest BCUT2D eigenvalue weighted by Crippen LogP contribution is 2.42. The van der Waals surface area contributed by atoms with Crippen LogP contribution >= 0.6 is 11.6 Å². The molecule has 1 heterocycles. The minimum absolute atomic E-state index is 0.00495. The first-order valence-corrected chi connectivity index (χ1v) is 4.48. The molecule has 1 atom stereocenters. The lowest BCUT2D eigenvalue weighted by Crippen LogP contribution is -2.11. The van der Waals surface area contributed by atoms with E-state index in [4.69, 9.17) is 26.2 Å². The fourth-order valence-electron chi connectivity index (χ4n) is 1.35. The van der Waals surface area contributed by atoms with Crippen molar-refractivity contribution in [3.63, 3.8) is 0 Å². The third-order valence-corrected chi connectivity index (χ3v) is 2.36. The number of aliphatic carboxylic acids is 1. The fraction of sp³-hybridized carbons (Fsp3) is 0.222. The number of hydrogen-bond donors (Lipinski definition) is 2. The minimum Gasteiger partial charge on any atom is -0.479 e. The Kier molecular flexibility index (Phi) is 2.42. The molecule has 0 radical (unpaired) electrons. The van der Waals surface area contributed by atoms with E-state index in [1.54, 1.807) is 6.07 Å². The summed E-state index contributed by atoms with van der Waals surface area (Å²) in [4.78, 5) is 10.6. The molecule has 1 aromatic rings. The van der Waals surface area contributed by atoms with Gasteiger partial charge < -0.3 is 19.7 Å². The van der Waals surface area contributed by atoms with Gasteiger partial charge in [0.25, 0.3) is 0 Å². The summed E-state index contributed by atoms with van der Waals surface area (Å²) in [5, 5.41) is 18.2. The minimum atomic E-state index is -1.71. The zero-order valence-corrected chi connectivity index (χ0v) is 8.19. The van der Waals surface area contributed by atoms with Gasteiger partial charge in [-0.15, -0.1) is 0 Å². The SMILES string of the molecule is O=C(O)C(O)c1c(Cl)ccc2c1OCO2. The number of hydrogen-bond acceptors (Lipinski definition) is 4. The lowest BCUT2D eigenvalue weighted by molar-refractivity contribution is -0.147. The molecule has 80 valence electrons. The number of aliphatic hydroxyl groups is 1. The van der Waals surface area contributed by atoms with Crippen molar-refractivity contribution >= 4 is 17.6 Å². The van der Waals surface area contributed by atoms with Gasteiger partial charge in [-0.3, -0.25) is 0 Å². The monoisotopic (exact) mass is 230 g/mol. The first-order valence-electron chi connectivity index (χ1n) is 4.10. The summed E-state index contributed by atoms with van der Waals surface area (Å²) in [6, 6.07) is 3.01. The van der Waals surface area contributed by atoms with Crippen molar-refractivity contribution in [2.75, 3.05) is 6.79 Å². The molecule has 0 amide bonds. The molecule has 0 aliphatic carbocycles. The first-order chi connectivity index (χ1) is 7.11. The van der Waals surface area contributed by atoms with Crippen LogP contribution in [0.2, 0.25) is 5.02 Å². The van der Waals surface area contributed by atoms with Crippen molar-refractivity contribution in [1.82, 2.24) is 0 Å². The van der Waals surface area contributed by atoms with E-state index in [2.05, 4.69) is 0 Å². The summed E-state index contributed by atoms with van der Waals surface area (Å²) in [5.74, 6) is -0.812. The number of carboxylic acids is 1. The molecule has 1 unspecified atom stereocenters. The van der Waals surface area contributed by atoms with Crippen LogP contribution in [0.4, 0.5) is 0 Å². The Morgan fingerprint density at radius 2 is 2.20 bits per heavy atom. The molecular weight excluding hydrogens is 224 g/mol. The number of benzene rings is 1. The second-order valence-corrected chi connectivity index (χ2v) is 3.34. The summed E-state index contributed by atoms with van der Waals surface area (Å²) in [6.45, 7) is -0.00495. The van der Waals surface area contributed by atoms with E-state index in [-0.39, 0.29) is 23.1 Å². The van der Waals surface area contributed by atoms with E-state index in [1.165, 1.54) is 6.07 Å². The first kappa shape index (κ1) is 10.1. The van der Waals surface area contributed by atoms with Gasteiger partial charge in [0.2, 0.25) is 6.79 Å². The summed E-state index contributed by atoms with van der Waals surface area (Å²) >= 11 is 5.79. The third kappa shape index (κ3) is 1.60. The maximum absolute atomic E-state index is 10.6. The number of carbonyl (C=O) groups is 1. The van der Waals surface area contributed by atoms with Crippen LogP contribution in [0.3, 0.4) is 0 Å². The Hall–Kier alpha value is -1.46.